The van der Waals surface area contributed by atoms with E-state index in [0.29, 0.717) is 22.8 Å². The molecular formula is C19H20ClNO4. The van der Waals surface area contributed by atoms with E-state index >= 15 is 0 Å². The van der Waals surface area contributed by atoms with Gasteiger partial charge in [-0.2, -0.15) is 0 Å². The van der Waals surface area contributed by atoms with Gasteiger partial charge in [0.05, 0.1) is 13.0 Å². The van der Waals surface area contributed by atoms with E-state index in [1.54, 1.807) is 43.5 Å². The summed E-state index contributed by atoms with van der Waals surface area (Å²) in [6.45, 7) is 1.88. The number of methoxy groups -OCH3 is 1. The Morgan fingerprint density at radius 1 is 1.08 bits per heavy atom. The lowest BCUT2D eigenvalue weighted by Gasteiger charge is -2.20. The minimum Gasteiger partial charge on any atom is -0.497 e. The fourth-order valence-corrected chi connectivity index (χ4v) is 2.72. The van der Waals surface area contributed by atoms with Gasteiger partial charge in [0.1, 0.15) is 5.75 Å². The summed E-state index contributed by atoms with van der Waals surface area (Å²) in [6.07, 6.45) is 0.547. The zero-order valence-electron chi connectivity index (χ0n) is 14.0. The number of carboxylic acid groups (broad SMARTS) is 1. The zero-order valence-corrected chi connectivity index (χ0v) is 14.8. The second kappa shape index (κ2) is 8.53. The Morgan fingerprint density at radius 2 is 1.64 bits per heavy atom. The van der Waals surface area contributed by atoms with Gasteiger partial charge in [0.15, 0.2) is 6.04 Å². The number of rotatable bonds is 7. The molecule has 0 fully saturated rings. The van der Waals surface area contributed by atoms with Crippen LogP contribution in [-0.2, 0) is 9.59 Å². The molecule has 0 aliphatic rings. The van der Waals surface area contributed by atoms with Crippen molar-refractivity contribution in [2.45, 2.75) is 25.3 Å². The van der Waals surface area contributed by atoms with E-state index in [2.05, 4.69) is 5.32 Å². The number of hydrogen-bond donors (Lipinski definition) is 2. The van der Waals surface area contributed by atoms with Crippen molar-refractivity contribution in [3.8, 4) is 5.75 Å². The molecule has 0 aliphatic carbocycles. The minimum atomic E-state index is -1.13. The lowest BCUT2D eigenvalue weighted by Crippen LogP contribution is -2.36. The number of carboxylic acids is 1. The molecule has 0 spiro atoms. The van der Waals surface area contributed by atoms with Crippen molar-refractivity contribution in [2.24, 2.45) is 0 Å². The molecular weight excluding hydrogens is 342 g/mol. The van der Waals surface area contributed by atoms with Gasteiger partial charge < -0.3 is 15.2 Å². The lowest BCUT2D eigenvalue weighted by molar-refractivity contribution is -0.142. The molecule has 0 bridgehead atoms. The first kappa shape index (κ1) is 18.8. The van der Waals surface area contributed by atoms with Crippen LogP contribution in [0.1, 0.15) is 36.4 Å². The highest BCUT2D eigenvalue weighted by molar-refractivity contribution is 6.30. The standard InChI is InChI=1S/C19H20ClNO4/c1-3-16(12-6-10-15(25-2)11-7-12)18(22)21-17(19(23)24)13-4-8-14(20)9-5-13/h4-11,16-17H,3H2,1-2H3,(H,21,22)(H,23,24). The van der Waals surface area contributed by atoms with Gasteiger partial charge >= 0.3 is 5.97 Å². The van der Waals surface area contributed by atoms with Gasteiger partial charge in [-0.1, -0.05) is 42.8 Å². The van der Waals surface area contributed by atoms with Crippen molar-refractivity contribution in [3.05, 3.63) is 64.7 Å². The first-order valence-electron chi connectivity index (χ1n) is 7.88. The zero-order chi connectivity index (χ0) is 18.4. The van der Waals surface area contributed by atoms with Crippen LogP contribution in [0.2, 0.25) is 5.02 Å². The minimum absolute atomic E-state index is 0.338. The number of hydrogen-bond acceptors (Lipinski definition) is 3. The number of halogens is 1. The second-order valence-corrected chi connectivity index (χ2v) is 6.00. The van der Waals surface area contributed by atoms with Crippen LogP contribution in [0.15, 0.2) is 48.5 Å². The summed E-state index contributed by atoms with van der Waals surface area (Å²) >= 11 is 5.83. The molecule has 0 aromatic heterocycles. The summed E-state index contributed by atoms with van der Waals surface area (Å²) in [5.74, 6) is -1.21. The van der Waals surface area contributed by atoms with Crippen molar-refractivity contribution in [1.82, 2.24) is 5.32 Å². The molecule has 0 saturated heterocycles. The van der Waals surface area contributed by atoms with Crippen molar-refractivity contribution in [2.75, 3.05) is 7.11 Å². The summed E-state index contributed by atoms with van der Waals surface area (Å²) in [5.41, 5.74) is 1.27. The number of amides is 1. The maximum Gasteiger partial charge on any atom is 0.330 e. The SMILES string of the molecule is CCC(C(=O)NC(C(=O)O)c1ccc(Cl)cc1)c1ccc(OC)cc1. The van der Waals surface area contributed by atoms with Gasteiger partial charge in [-0.3, -0.25) is 4.79 Å². The smallest absolute Gasteiger partial charge is 0.330 e. The monoisotopic (exact) mass is 361 g/mol. The quantitative estimate of drug-likeness (QED) is 0.786. The number of benzene rings is 2. The molecule has 6 heteroatoms. The van der Waals surface area contributed by atoms with E-state index in [-0.39, 0.29) is 5.91 Å². The van der Waals surface area contributed by atoms with Crippen LogP contribution in [0.3, 0.4) is 0 Å². The molecule has 0 saturated carbocycles. The average molecular weight is 362 g/mol. The Morgan fingerprint density at radius 3 is 2.12 bits per heavy atom. The number of carbonyl (C=O) groups excluding carboxylic acids is 1. The largest absolute Gasteiger partial charge is 0.497 e. The Balaban J connectivity index is 2.20. The number of carbonyl (C=O) groups is 2. The summed E-state index contributed by atoms with van der Waals surface area (Å²) in [7, 11) is 1.57. The van der Waals surface area contributed by atoms with E-state index in [4.69, 9.17) is 16.3 Å². The highest BCUT2D eigenvalue weighted by Crippen LogP contribution is 2.24. The molecule has 0 radical (unpaired) electrons. The Hall–Kier alpha value is -2.53. The van der Waals surface area contributed by atoms with Crippen molar-refractivity contribution in [3.63, 3.8) is 0 Å². The molecule has 2 unspecified atom stereocenters. The third kappa shape index (κ3) is 4.73. The Labute approximate surface area is 151 Å². The van der Waals surface area contributed by atoms with Gasteiger partial charge in [-0.25, -0.2) is 4.79 Å². The van der Waals surface area contributed by atoms with E-state index in [1.165, 1.54) is 0 Å². The highest BCUT2D eigenvalue weighted by Gasteiger charge is 2.26. The fraction of sp³-hybridized carbons (Fsp3) is 0.263. The van der Waals surface area contributed by atoms with Crippen LogP contribution >= 0.6 is 11.6 Å². The first-order valence-corrected chi connectivity index (χ1v) is 8.26. The first-order chi connectivity index (χ1) is 12.0. The molecule has 25 heavy (non-hydrogen) atoms. The molecule has 132 valence electrons. The fourth-order valence-electron chi connectivity index (χ4n) is 2.59. The molecule has 2 aromatic carbocycles. The molecule has 2 aromatic rings. The molecule has 2 atom stereocenters. The second-order valence-electron chi connectivity index (χ2n) is 5.57. The van der Waals surface area contributed by atoms with E-state index in [0.717, 1.165) is 5.56 Å². The van der Waals surface area contributed by atoms with Crippen LogP contribution in [0, 0.1) is 0 Å². The summed E-state index contributed by atoms with van der Waals surface area (Å²) in [4.78, 5) is 24.2. The molecule has 2 rings (SSSR count). The normalized spacial score (nSPS) is 12.9. The van der Waals surface area contributed by atoms with Crippen molar-refractivity contribution >= 4 is 23.5 Å². The maximum atomic E-state index is 12.7. The van der Waals surface area contributed by atoms with Gasteiger partial charge in [0.25, 0.3) is 0 Å². The Bertz CT molecular complexity index is 728. The molecule has 0 heterocycles. The van der Waals surface area contributed by atoms with Gasteiger partial charge in [-0.15, -0.1) is 0 Å². The molecule has 5 nitrogen and oxygen atoms in total. The van der Waals surface area contributed by atoms with Crippen molar-refractivity contribution < 1.29 is 19.4 Å². The van der Waals surface area contributed by atoms with Crippen molar-refractivity contribution in [1.29, 1.82) is 0 Å². The van der Waals surface area contributed by atoms with E-state index in [1.807, 2.05) is 19.1 Å². The van der Waals surface area contributed by atoms with Crippen LogP contribution in [-0.4, -0.2) is 24.1 Å². The van der Waals surface area contributed by atoms with Crippen LogP contribution in [0.25, 0.3) is 0 Å². The predicted molar refractivity (Wildman–Crippen MR) is 96.0 cm³/mol. The van der Waals surface area contributed by atoms with E-state index < -0.39 is 17.9 Å². The van der Waals surface area contributed by atoms with Crippen LogP contribution < -0.4 is 10.1 Å². The summed E-state index contributed by atoms with van der Waals surface area (Å²) < 4.78 is 5.12. The number of ether oxygens (including phenoxy) is 1. The average Bonchev–Trinajstić information content (AvgIpc) is 2.61. The molecule has 2 N–H and O–H groups in total. The van der Waals surface area contributed by atoms with Gasteiger partial charge in [0.2, 0.25) is 5.91 Å². The Kier molecular flexibility index (Phi) is 6.42. The van der Waals surface area contributed by atoms with Gasteiger partial charge in [0, 0.05) is 5.02 Å². The third-order valence-electron chi connectivity index (χ3n) is 3.98. The topological polar surface area (TPSA) is 75.6 Å². The molecule has 0 aliphatic heterocycles. The van der Waals surface area contributed by atoms with Gasteiger partial charge in [-0.05, 0) is 41.8 Å². The number of aliphatic carboxylic acids is 1. The summed E-state index contributed by atoms with van der Waals surface area (Å²) in [5, 5.41) is 12.6. The maximum absolute atomic E-state index is 12.7. The van der Waals surface area contributed by atoms with Crippen LogP contribution in [0.4, 0.5) is 0 Å². The molecule has 1 amide bonds. The van der Waals surface area contributed by atoms with Crippen LogP contribution in [0.5, 0.6) is 5.75 Å². The van der Waals surface area contributed by atoms with E-state index in [9.17, 15) is 14.7 Å². The predicted octanol–water partition coefficient (Wildman–Crippen LogP) is 3.78. The third-order valence-corrected chi connectivity index (χ3v) is 4.23. The number of nitrogens with one attached hydrogen (secondary N) is 1. The lowest BCUT2D eigenvalue weighted by atomic mass is 9.94. The summed E-state index contributed by atoms with van der Waals surface area (Å²) in [6, 6.07) is 12.4. The highest BCUT2D eigenvalue weighted by atomic mass is 35.5.